The number of carbonyl (C=O) groups is 2. The number of halogens is 4. The van der Waals surface area contributed by atoms with E-state index in [-0.39, 0.29) is 22.8 Å². The molecule has 3 aromatic rings. The van der Waals surface area contributed by atoms with Gasteiger partial charge in [-0.1, -0.05) is 29.8 Å². The SMILES string of the molecule is O=C1N/C(=C/c2ccc(-c3cccc(C(F)(F)F)c3)o2)C(=O)N1c1cccc(Cl)c1. The highest BCUT2D eigenvalue weighted by atomic mass is 35.5. The zero-order valence-electron chi connectivity index (χ0n) is 15.0. The molecule has 1 aliphatic rings. The van der Waals surface area contributed by atoms with E-state index in [0.717, 1.165) is 17.0 Å². The summed E-state index contributed by atoms with van der Waals surface area (Å²) in [7, 11) is 0. The molecule has 9 heteroatoms. The molecule has 1 fully saturated rings. The van der Waals surface area contributed by atoms with Gasteiger partial charge in [-0.2, -0.15) is 13.2 Å². The monoisotopic (exact) mass is 432 g/mol. The van der Waals surface area contributed by atoms with E-state index in [1.54, 1.807) is 18.2 Å². The van der Waals surface area contributed by atoms with Crippen LogP contribution in [0.4, 0.5) is 23.7 Å². The van der Waals surface area contributed by atoms with Gasteiger partial charge in [0.25, 0.3) is 5.91 Å². The Balaban J connectivity index is 1.61. The molecule has 1 aromatic heterocycles. The Kier molecular flexibility index (Phi) is 4.87. The molecule has 5 nitrogen and oxygen atoms in total. The summed E-state index contributed by atoms with van der Waals surface area (Å²) in [5.74, 6) is -0.227. The van der Waals surface area contributed by atoms with Crippen molar-refractivity contribution < 1.29 is 27.2 Å². The van der Waals surface area contributed by atoms with Gasteiger partial charge in [-0.15, -0.1) is 0 Å². The number of anilines is 1. The Morgan fingerprint density at radius 3 is 2.50 bits per heavy atom. The Bertz CT molecular complexity index is 1180. The van der Waals surface area contributed by atoms with Crippen molar-refractivity contribution in [3.8, 4) is 11.3 Å². The van der Waals surface area contributed by atoms with Gasteiger partial charge in [0, 0.05) is 16.7 Å². The standard InChI is InChI=1S/C21H12ClF3N2O3/c22-14-5-2-6-15(10-14)27-19(28)17(26-20(27)29)11-16-7-8-18(30-16)12-3-1-4-13(9-12)21(23,24)25/h1-11H,(H,26,29)/b17-11+. The first-order chi connectivity index (χ1) is 14.2. The minimum absolute atomic E-state index is 0.0371. The summed E-state index contributed by atoms with van der Waals surface area (Å²) < 4.78 is 44.3. The van der Waals surface area contributed by atoms with E-state index in [1.807, 2.05) is 0 Å². The average Bonchev–Trinajstić information content (AvgIpc) is 3.26. The number of nitrogens with one attached hydrogen (secondary N) is 1. The van der Waals surface area contributed by atoms with E-state index in [9.17, 15) is 22.8 Å². The summed E-state index contributed by atoms with van der Waals surface area (Å²) in [6.07, 6.45) is -3.17. The number of urea groups is 1. The van der Waals surface area contributed by atoms with Crippen LogP contribution in [-0.2, 0) is 11.0 Å². The highest BCUT2D eigenvalue weighted by Gasteiger charge is 2.35. The zero-order valence-corrected chi connectivity index (χ0v) is 15.8. The molecular weight excluding hydrogens is 421 g/mol. The van der Waals surface area contributed by atoms with Crippen LogP contribution in [0.3, 0.4) is 0 Å². The normalized spacial score (nSPS) is 15.7. The average molecular weight is 433 g/mol. The minimum Gasteiger partial charge on any atom is -0.457 e. The number of carbonyl (C=O) groups excluding carboxylic acids is 2. The maximum absolute atomic E-state index is 12.9. The predicted molar refractivity (Wildman–Crippen MR) is 105 cm³/mol. The Morgan fingerprint density at radius 2 is 1.77 bits per heavy atom. The first-order valence-electron chi connectivity index (χ1n) is 8.62. The molecule has 0 aliphatic carbocycles. The molecule has 1 aliphatic heterocycles. The third-order valence-corrected chi connectivity index (χ3v) is 4.57. The van der Waals surface area contributed by atoms with E-state index >= 15 is 0 Å². The fourth-order valence-corrected chi connectivity index (χ4v) is 3.15. The zero-order chi connectivity index (χ0) is 21.5. The molecule has 1 N–H and O–H groups in total. The summed E-state index contributed by atoms with van der Waals surface area (Å²) >= 11 is 5.92. The number of amides is 3. The van der Waals surface area contributed by atoms with Crippen molar-refractivity contribution in [3.63, 3.8) is 0 Å². The molecule has 0 unspecified atom stereocenters. The Morgan fingerprint density at radius 1 is 1.00 bits per heavy atom. The summed E-state index contributed by atoms with van der Waals surface area (Å²) in [5.41, 5.74) is -0.300. The number of hydrogen-bond donors (Lipinski definition) is 1. The van der Waals surface area contributed by atoms with Crippen molar-refractivity contribution in [1.29, 1.82) is 0 Å². The Hall–Kier alpha value is -3.52. The quantitative estimate of drug-likeness (QED) is 0.425. The number of hydrogen-bond acceptors (Lipinski definition) is 3. The maximum atomic E-state index is 12.9. The van der Waals surface area contributed by atoms with Crippen molar-refractivity contribution in [3.05, 3.63) is 82.7 Å². The van der Waals surface area contributed by atoms with Crippen LogP contribution in [0.15, 0.2) is 70.8 Å². The van der Waals surface area contributed by atoms with E-state index in [1.165, 1.54) is 36.4 Å². The van der Waals surface area contributed by atoms with Gasteiger partial charge in [0.15, 0.2) is 0 Å². The molecule has 4 rings (SSSR count). The van der Waals surface area contributed by atoms with Gasteiger partial charge in [-0.25, -0.2) is 9.69 Å². The van der Waals surface area contributed by atoms with Gasteiger partial charge in [0.1, 0.15) is 17.2 Å². The lowest BCUT2D eigenvalue weighted by Gasteiger charge is -2.11. The number of nitrogens with zero attached hydrogens (tertiary/aromatic N) is 1. The second-order valence-electron chi connectivity index (χ2n) is 6.39. The molecule has 0 bridgehead atoms. The largest absolute Gasteiger partial charge is 0.457 e. The number of furan rings is 1. The molecule has 0 radical (unpaired) electrons. The first-order valence-corrected chi connectivity index (χ1v) is 9.00. The summed E-state index contributed by atoms with van der Waals surface area (Å²) in [6.45, 7) is 0. The number of rotatable bonds is 3. The number of benzene rings is 2. The molecule has 2 heterocycles. The van der Waals surface area contributed by atoms with E-state index < -0.39 is 23.7 Å². The smallest absolute Gasteiger partial charge is 0.416 e. The van der Waals surface area contributed by atoms with Crippen molar-refractivity contribution in [2.24, 2.45) is 0 Å². The molecule has 0 spiro atoms. The highest BCUT2D eigenvalue weighted by molar-refractivity contribution is 6.32. The molecule has 0 saturated carbocycles. The molecule has 152 valence electrons. The van der Waals surface area contributed by atoms with Gasteiger partial charge >= 0.3 is 12.2 Å². The topological polar surface area (TPSA) is 62.6 Å². The third-order valence-electron chi connectivity index (χ3n) is 4.33. The predicted octanol–water partition coefficient (Wildman–Crippen LogP) is 5.72. The first kappa shape index (κ1) is 19.8. The maximum Gasteiger partial charge on any atom is 0.416 e. The lowest BCUT2D eigenvalue weighted by Crippen LogP contribution is -2.30. The van der Waals surface area contributed by atoms with Gasteiger partial charge < -0.3 is 9.73 Å². The summed E-state index contributed by atoms with van der Waals surface area (Å²) in [5, 5.41) is 2.81. The van der Waals surface area contributed by atoms with Crippen LogP contribution in [0.1, 0.15) is 11.3 Å². The van der Waals surface area contributed by atoms with Crippen LogP contribution >= 0.6 is 11.6 Å². The van der Waals surface area contributed by atoms with Crippen LogP contribution in [0.25, 0.3) is 17.4 Å². The molecule has 0 atom stereocenters. The van der Waals surface area contributed by atoms with Crippen LogP contribution in [0.2, 0.25) is 5.02 Å². The van der Waals surface area contributed by atoms with Crippen molar-refractivity contribution in [2.45, 2.75) is 6.18 Å². The molecule has 1 saturated heterocycles. The lowest BCUT2D eigenvalue weighted by atomic mass is 10.1. The molecular formula is C21H12ClF3N2O3. The van der Waals surface area contributed by atoms with Gasteiger partial charge in [0.2, 0.25) is 0 Å². The minimum atomic E-state index is -4.47. The summed E-state index contributed by atoms with van der Waals surface area (Å²) in [6, 6.07) is 13.3. The Labute approximate surface area is 173 Å². The van der Waals surface area contributed by atoms with Crippen LogP contribution in [-0.4, -0.2) is 11.9 Å². The highest BCUT2D eigenvalue weighted by Crippen LogP contribution is 2.33. The number of imide groups is 1. The van der Waals surface area contributed by atoms with Crippen molar-refractivity contribution in [1.82, 2.24) is 5.32 Å². The third kappa shape index (κ3) is 3.81. The van der Waals surface area contributed by atoms with E-state index in [0.29, 0.717) is 10.7 Å². The molecule has 30 heavy (non-hydrogen) atoms. The molecule has 3 amide bonds. The van der Waals surface area contributed by atoms with Crippen molar-refractivity contribution >= 4 is 35.3 Å². The van der Waals surface area contributed by atoms with Gasteiger partial charge in [-0.3, -0.25) is 4.79 Å². The van der Waals surface area contributed by atoms with Crippen molar-refractivity contribution in [2.75, 3.05) is 4.90 Å². The fourth-order valence-electron chi connectivity index (χ4n) is 2.96. The van der Waals surface area contributed by atoms with E-state index in [4.69, 9.17) is 16.0 Å². The van der Waals surface area contributed by atoms with Gasteiger partial charge in [0.05, 0.1) is 11.3 Å². The fraction of sp³-hybridized carbons (Fsp3) is 0.0476. The summed E-state index contributed by atoms with van der Waals surface area (Å²) in [4.78, 5) is 25.8. The molecule has 2 aromatic carbocycles. The second-order valence-corrected chi connectivity index (χ2v) is 6.83. The van der Waals surface area contributed by atoms with Crippen LogP contribution in [0.5, 0.6) is 0 Å². The number of alkyl halides is 3. The van der Waals surface area contributed by atoms with Crippen LogP contribution in [0, 0.1) is 0 Å². The van der Waals surface area contributed by atoms with E-state index in [2.05, 4.69) is 5.32 Å². The van der Waals surface area contributed by atoms with Gasteiger partial charge in [-0.05, 0) is 42.5 Å². The second kappa shape index (κ2) is 7.38. The lowest BCUT2D eigenvalue weighted by molar-refractivity contribution is -0.137. The van der Waals surface area contributed by atoms with Crippen LogP contribution < -0.4 is 10.2 Å².